The van der Waals surface area contributed by atoms with Crippen LogP contribution >= 0.6 is 23.2 Å². The molecule has 7 heteroatoms. The van der Waals surface area contributed by atoms with Crippen LogP contribution in [0.15, 0.2) is 34.3 Å². The number of hydrogen-bond acceptors (Lipinski definition) is 4. The molecular formula is C15H13Cl2NO4. The molecule has 2 amide bonds. The van der Waals surface area contributed by atoms with Gasteiger partial charge in [-0.15, -0.1) is 0 Å². The van der Waals surface area contributed by atoms with Gasteiger partial charge in [0.25, 0.3) is 11.8 Å². The largest absolute Gasteiger partial charge is 0.462 e. The van der Waals surface area contributed by atoms with Crippen molar-refractivity contribution in [2.45, 2.75) is 19.9 Å². The van der Waals surface area contributed by atoms with Gasteiger partial charge in [-0.1, -0.05) is 42.3 Å². The van der Waals surface area contributed by atoms with E-state index >= 15 is 0 Å². The summed E-state index contributed by atoms with van der Waals surface area (Å²) in [5.41, 5.74) is 1.08. The number of rotatable bonds is 5. The zero-order valence-electron chi connectivity index (χ0n) is 11.8. The van der Waals surface area contributed by atoms with Crippen molar-refractivity contribution in [3.8, 4) is 0 Å². The lowest BCUT2D eigenvalue weighted by molar-refractivity contribution is -0.137. The fourth-order valence-electron chi connectivity index (χ4n) is 1.87. The van der Waals surface area contributed by atoms with Crippen LogP contribution in [0.4, 0.5) is 0 Å². The van der Waals surface area contributed by atoms with E-state index in [0.717, 1.165) is 11.3 Å². The van der Waals surface area contributed by atoms with Gasteiger partial charge in [-0.3, -0.25) is 14.5 Å². The van der Waals surface area contributed by atoms with E-state index in [4.69, 9.17) is 27.9 Å². The van der Waals surface area contributed by atoms with Crippen LogP contribution in [-0.4, -0.2) is 29.3 Å². The molecular weight excluding hydrogens is 329 g/mol. The Balaban J connectivity index is 2.05. The van der Waals surface area contributed by atoms with Crippen molar-refractivity contribution in [1.82, 2.24) is 4.90 Å². The van der Waals surface area contributed by atoms with Crippen LogP contribution < -0.4 is 0 Å². The highest BCUT2D eigenvalue weighted by Crippen LogP contribution is 2.27. The van der Waals surface area contributed by atoms with Crippen LogP contribution in [0.25, 0.3) is 0 Å². The monoisotopic (exact) mass is 341 g/mol. The van der Waals surface area contributed by atoms with E-state index in [-0.39, 0.29) is 16.6 Å². The molecule has 0 aliphatic carbocycles. The molecule has 0 radical (unpaired) electrons. The Bertz CT molecular complexity index is 628. The molecule has 0 bridgehead atoms. The zero-order chi connectivity index (χ0) is 16.3. The Morgan fingerprint density at radius 1 is 1.09 bits per heavy atom. The quantitative estimate of drug-likeness (QED) is 0.610. The minimum absolute atomic E-state index is 0.0361. The number of amides is 2. The van der Waals surface area contributed by atoms with E-state index in [1.54, 1.807) is 24.3 Å². The summed E-state index contributed by atoms with van der Waals surface area (Å²) < 4.78 is 5.01. The molecule has 0 atom stereocenters. The second-order valence-electron chi connectivity index (χ2n) is 4.66. The van der Waals surface area contributed by atoms with Crippen LogP contribution in [0, 0.1) is 0 Å². The molecule has 2 rings (SSSR count). The topological polar surface area (TPSA) is 63.7 Å². The molecule has 22 heavy (non-hydrogen) atoms. The summed E-state index contributed by atoms with van der Waals surface area (Å²) in [7, 11) is 0. The first-order valence-corrected chi connectivity index (χ1v) is 7.38. The third-order valence-corrected chi connectivity index (χ3v) is 3.82. The predicted octanol–water partition coefficient (Wildman–Crippen LogP) is 2.81. The van der Waals surface area contributed by atoms with E-state index in [2.05, 4.69) is 0 Å². The number of carbonyl (C=O) groups excluding carboxylic acids is 3. The molecule has 1 aliphatic heterocycles. The molecule has 0 fully saturated rings. The average Bonchev–Trinajstić information content (AvgIpc) is 2.71. The first kappa shape index (κ1) is 16.5. The summed E-state index contributed by atoms with van der Waals surface area (Å²) in [4.78, 5) is 36.2. The van der Waals surface area contributed by atoms with Crippen molar-refractivity contribution < 1.29 is 19.1 Å². The standard InChI is InChI=1S/C15H13Cl2NO4/c1-2-7-22-15(21)10-5-3-9(4-6-10)8-18-13(19)11(16)12(17)14(18)20/h3-6H,2,7-8H2,1H3. The molecule has 0 spiro atoms. The number of halogens is 2. The van der Waals surface area contributed by atoms with Crippen LogP contribution in [-0.2, 0) is 20.9 Å². The maximum Gasteiger partial charge on any atom is 0.338 e. The van der Waals surface area contributed by atoms with Gasteiger partial charge in [-0.2, -0.15) is 0 Å². The normalized spacial score (nSPS) is 14.8. The van der Waals surface area contributed by atoms with Crippen LogP contribution in [0.1, 0.15) is 29.3 Å². The SMILES string of the molecule is CCCOC(=O)c1ccc(CN2C(=O)C(Cl)=C(Cl)C2=O)cc1. The lowest BCUT2D eigenvalue weighted by Crippen LogP contribution is -2.30. The number of nitrogens with zero attached hydrogens (tertiary/aromatic N) is 1. The molecule has 1 heterocycles. The Morgan fingerprint density at radius 2 is 1.64 bits per heavy atom. The molecule has 0 saturated heterocycles. The van der Waals surface area contributed by atoms with E-state index in [1.807, 2.05) is 6.92 Å². The van der Waals surface area contributed by atoms with Crippen LogP contribution in [0.3, 0.4) is 0 Å². The van der Waals surface area contributed by atoms with Gasteiger partial charge in [-0.25, -0.2) is 4.79 Å². The molecule has 5 nitrogen and oxygen atoms in total. The Labute approximate surface area is 137 Å². The lowest BCUT2D eigenvalue weighted by atomic mass is 10.1. The highest BCUT2D eigenvalue weighted by Gasteiger charge is 2.36. The first-order chi connectivity index (χ1) is 10.5. The van der Waals surface area contributed by atoms with Crippen molar-refractivity contribution in [2.24, 2.45) is 0 Å². The predicted molar refractivity (Wildman–Crippen MR) is 81.3 cm³/mol. The maximum absolute atomic E-state index is 11.8. The molecule has 116 valence electrons. The van der Waals surface area contributed by atoms with Crippen LogP contribution in [0.2, 0.25) is 0 Å². The second kappa shape index (κ2) is 6.94. The number of ether oxygens (including phenoxy) is 1. The number of esters is 1. The van der Waals surface area contributed by atoms with Crippen molar-refractivity contribution in [2.75, 3.05) is 6.61 Å². The summed E-state index contributed by atoms with van der Waals surface area (Å²) in [5, 5.41) is -0.544. The van der Waals surface area contributed by atoms with Crippen LogP contribution in [0.5, 0.6) is 0 Å². The number of carbonyl (C=O) groups is 3. The van der Waals surface area contributed by atoms with Gasteiger partial charge in [0.2, 0.25) is 0 Å². The Morgan fingerprint density at radius 3 is 2.14 bits per heavy atom. The Kier molecular flexibility index (Phi) is 5.21. The summed E-state index contributed by atoms with van der Waals surface area (Å²) in [6, 6.07) is 6.44. The second-order valence-corrected chi connectivity index (χ2v) is 5.41. The molecule has 0 aromatic heterocycles. The van der Waals surface area contributed by atoms with Gasteiger partial charge < -0.3 is 4.74 Å². The average molecular weight is 342 g/mol. The highest BCUT2D eigenvalue weighted by atomic mass is 35.5. The fourth-order valence-corrected chi connectivity index (χ4v) is 2.23. The van der Waals surface area contributed by atoms with Gasteiger partial charge in [0.15, 0.2) is 0 Å². The number of imide groups is 1. The van der Waals surface area contributed by atoms with E-state index in [9.17, 15) is 14.4 Å². The molecule has 0 N–H and O–H groups in total. The zero-order valence-corrected chi connectivity index (χ0v) is 13.3. The van der Waals surface area contributed by atoms with E-state index in [1.165, 1.54) is 0 Å². The minimum atomic E-state index is -0.622. The summed E-state index contributed by atoms with van der Waals surface area (Å²) in [5.74, 6) is -1.65. The summed E-state index contributed by atoms with van der Waals surface area (Å²) >= 11 is 11.3. The van der Waals surface area contributed by atoms with Crippen molar-refractivity contribution in [1.29, 1.82) is 0 Å². The third kappa shape index (κ3) is 3.31. The van der Waals surface area contributed by atoms with E-state index in [0.29, 0.717) is 17.7 Å². The van der Waals surface area contributed by atoms with Crippen molar-refractivity contribution >= 4 is 41.0 Å². The smallest absolute Gasteiger partial charge is 0.338 e. The maximum atomic E-state index is 11.8. The molecule has 1 aromatic carbocycles. The van der Waals surface area contributed by atoms with Gasteiger partial charge in [0.05, 0.1) is 18.7 Å². The third-order valence-electron chi connectivity index (χ3n) is 3.03. The molecule has 0 unspecified atom stereocenters. The number of benzene rings is 1. The molecule has 1 aliphatic rings. The summed E-state index contributed by atoms with van der Waals surface area (Å²) in [6.07, 6.45) is 0.748. The first-order valence-electron chi connectivity index (χ1n) is 6.63. The number of hydrogen-bond donors (Lipinski definition) is 0. The highest BCUT2D eigenvalue weighted by molar-refractivity contribution is 6.58. The lowest BCUT2D eigenvalue weighted by Gasteiger charge is -2.14. The van der Waals surface area contributed by atoms with E-state index < -0.39 is 17.8 Å². The van der Waals surface area contributed by atoms with Gasteiger partial charge in [0, 0.05) is 0 Å². The molecule has 0 saturated carbocycles. The van der Waals surface area contributed by atoms with Gasteiger partial charge in [-0.05, 0) is 24.1 Å². The Hall–Kier alpha value is -1.85. The van der Waals surface area contributed by atoms with Crippen molar-refractivity contribution in [3.05, 3.63) is 45.5 Å². The minimum Gasteiger partial charge on any atom is -0.462 e. The fraction of sp³-hybridized carbons (Fsp3) is 0.267. The van der Waals surface area contributed by atoms with Gasteiger partial charge in [0.1, 0.15) is 10.1 Å². The van der Waals surface area contributed by atoms with Gasteiger partial charge >= 0.3 is 5.97 Å². The summed E-state index contributed by atoms with van der Waals surface area (Å²) in [6.45, 7) is 2.30. The van der Waals surface area contributed by atoms with Crippen molar-refractivity contribution in [3.63, 3.8) is 0 Å². The molecule has 1 aromatic rings.